The van der Waals surface area contributed by atoms with Gasteiger partial charge in [-0.05, 0) is 68.6 Å². The molecule has 0 radical (unpaired) electrons. The minimum Gasteiger partial charge on any atom is -0.490 e. The molecule has 9 nitrogen and oxygen atoms in total. The molecule has 6 rings (SSSR count). The van der Waals surface area contributed by atoms with Gasteiger partial charge in [-0.3, -0.25) is 0 Å². The molecule has 2 aromatic heterocycles. The number of fused-ring (bicyclic) bond motifs is 1. The van der Waals surface area contributed by atoms with Crippen LogP contribution in [0, 0.1) is 5.82 Å². The quantitative estimate of drug-likeness (QED) is 0.230. The summed E-state index contributed by atoms with van der Waals surface area (Å²) in [6.07, 6.45) is 1.49. The number of benzene rings is 2. The molecule has 220 valence electrons. The maximum atomic E-state index is 15.2. The van der Waals surface area contributed by atoms with Crippen LogP contribution in [-0.2, 0) is 6.18 Å². The zero-order chi connectivity index (χ0) is 29.6. The molecule has 2 aliphatic rings. The number of nitrogen functional groups attached to an aromatic ring is 1. The monoisotopic (exact) mass is 583 g/mol. The first-order valence-electron chi connectivity index (χ1n) is 13.6. The van der Waals surface area contributed by atoms with Crippen LogP contribution in [0.1, 0.15) is 37.3 Å². The molecule has 0 unspecified atom stereocenters. The molecule has 1 aliphatic carbocycles. The highest BCUT2D eigenvalue weighted by Crippen LogP contribution is 2.42. The van der Waals surface area contributed by atoms with Crippen LogP contribution in [0.2, 0.25) is 0 Å². The van der Waals surface area contributed by atoms with Gasteiger partial charge in [-0.15, -0.1) is 0 Å². The van der Waals surface area contributed by atoms with Gasteiger partial charge in [0.15, 0.2) is 0 Å². The first-order valence-corrected chi connectivity index (χ1v) is 13.6. The average Bonchev–Trinajstić information content (AvgIpc) is 3.71. The second-order valence-corrected chi connectivity index (χ2v) is 10.7. The standard InChI is InChI=1S/C29H29F4N7O2/c1-39-10-8-19(9-11-39)42-24-7-3-17(13-21(24)29(31,32)33)37-28(41)38-23-6-2-16(12-22(23)30)20-14-40(18-4-5-18)27-25(20)26(34)35-15-36-27/h2-3,6-7,12-15,18-19H,4-5,8-11H2,1H3,(H2,34,35,36)(H2,37,38,41). The first kappa shape index (κ1) is 27.8. The van der Waals surface area contributed by atoms with Gasteiger partial charge in [-0.2, -0.15) is 13.2 Å². The molecule has 1 saturated carbocycles. The molecular weight excluding hydrogens is 554 g/mol. The second-order valence-electron chi connectivity index (χ2n) is 10.7. The van der Waals surface area contributed by atoms with Crippen LogP contribution in [0.3, 0.4) is 0 Å². The SMILES string of the molecule is CN1CCC(Oc2ccc(NC(=O)Nc3ccc(-c4cn(C5CC5)c5ncnc(N)c45)cc3F)cc2C(F)(F)F)CC1. The third-order valence-corrected chi connectivity index (χ3v) is 7.61. The van der Waals surface area contributed by atoms with E-state index in [1.54, 1.807) is 6.07 Å². The number of alkyl halides is 3. The number of nitrogens with zero attached hydrogens (tertiary/aromatic N) is 4. The second kappa shape index (κ2) is 10.8. The van der Waals surface area contributed by atoms with Gasteiger partial charge in [0, 0.05) is 36.6 Å². The largest absolute Gasteiger partial charge is 0.490 e. The van der Waals surface area contributed by atoms with E-state index in [1.165, 1.54) is 30.6 Å². The number of rotatable bonds is 6. The van der Waals surface area contributed by atoms with Gasteiger partial charge >= 0.3 is 12.2 Å². The molecule has 2 aromatic carbocycles. The lowest BCUT2D eigenvalue weighted by Gasteiger charge is -2.30. The maximum Gasteiger partial charge on any atom is 0.420 e. The molecule has 4 N–H and O–H groups in total. The van der Waals surface area contributed by atoms with E-state index in [9.17, 15) is 18.0 Å². The normalized spacial score (nSPS) is 16.5. The number of piperidine rings is 1. The van der Waals surface area contributed by atoms with Crippen LogP contribution >= 0.6 is 0 Å². The summed E-state index contributed by atoms with van der Waals surface area (Å²) >= 11 is 0. The molecule has 42 heavy (non-hydrogen) atoms. The number of likely N-dealkylation sites (tertiary alicyclic amines) is 1. The molecule has 1 saturated heterocycles. The molecule has 2 fully saturated rings. The van der Waals surface area contributed by atoms with E-state index < -0.39 is 23.6 Å². The number of carbonyl (C=O) groups is 1. The van der Waals surface area contributed by atoms with Crippen molar-refractivity contribution in [2.24, 2.45) is 0 Å². The fourth-order valence-electron chi connectivity index (χ4n) is 5.24. The van der Waals surface area contributed by atoms with Crippen molar-refractivity contribution in [3.8, 4) is 16.9 Å². The topological polar surface area (TPSA) is 110 Å². The van der Waals surface area contributed by atoms with Crippen molar-refractivity contribution >= 4 is 34.3 Å². The molecule has 0 atom stereocenters. The Morgan fingerprint density at radius 2 is 1.81 bits per heavy atom. The van der Waals surface area contributed by atoms with Gasteiger partial charge in [0.05, 0.1) is 16.6 Å². The summed E-state index contributed by atoms with van der Waals surface area (Å²) in [5.41, 5.74) is 6.71. The van der Waals surface area contributed by atoms with Crippen molar-refractivity contribution in [3.63, 3.8) is 0 Å². The van der Waals surface area contributed by atoms with Crippen molar-refractivity contribution in [2.45, 2.75) is 44.0 Å². The van der Waals surface area contributed by atoms with Crippen LogP contribution < -0.4 is 21.1 Å². The summed E-state index contributed by atoms with van der Waals surface area (Å²) in [5.74, 6) is -0.751. The zero-order valence-electron chi connectivity index (χ0n) is 22.7. The summed E-state index contributed by atoms with van der Waals surface area (Å²) in [6.45, 7) is 1.46. The zero-order valence-corrected chi connectivity index (χ0v) is 22.7. The Morgan fingerprint density at radius 3 is 2.50 bits per heavy atom. The van der Waals surface area contributed by atoms with E-state index in [1.807, 2.05) is 17.8 Å². The number of urea groups is 1. The predicted octanol–water partition coefficient (Wildman–Crippen LogP) is 6.29. The summed E-state index contributed by atoms with van der Waals surface area (Å²) in [4.78, 5) is 23.2. The Morgan fingerprint density at radius 1 is 1.05 bits per heavy atom. The minimum atomic E-state index is -4.70. The van der Waals surface area contributed by atoms with Crippen molar-refractivity contribution in [1.29, 1.82) is 0 Å². The minimum absolute atomic E-state index is 0.115. The summed E-state index contributed by atoms with van der Waals surface area (Å²) in [5, 5.41) is 5.33. The van der Waals surface area contributed by atoms with Crippen molar-refractivity contribution in [3.05, 3.63) is 60.3 Å². The van der Waals surface area contributed by atoms with Gasteiger partial charge < -0.3 is 30.6 Å². The van der Waals surface area contributed by atoms with Crippen LogP contribution in [0.25, 0.3) is 22.2 Å². The van der Waals surface area contributed by atoms with Gasteiger partial charge in [0.2, 0.25) is 0 Å². The lowest BCUT2D eigenvalue weighted by molar-refractivity contribution is -0.139. The predicted molar refractivity (Wildman–Crippen MR) is 151 cm³/mol. The van der Waals surface area contributed by atoms with Crippen molar-refractivity contribution < 1.29 is 27.1 Å². The van der Waals surface area contributed by atoms with E-state index in [-0.39, 0.29) is 29.0 Å². The fraction of sp³-hybridized carbons (Fsp3) is 0.345. The number of nitrogens with one attached hydrogen (secondary N) is 2. The molecule has 1 aliphatic heterocycles. The van der Waals surface area contributed by atoms with Crippen LogP contribution in [-0.4, -0.2) is 51.7 Å². The molecular formula is C29H29F4N7O2. The third kappa shape index (κ3) is 5.69. The fourth-order valence-corrected chi connectivity index (χ4v) is 5.24. The third-order valence-electron chi connectivity index (χ3n) is 7.61. The summed E-state index contributed by atoms with van der Waals surface area (Å²) in [6, 6.07) is 6.98. The first-order chi connectivity index (χ1) is 20.1. The molecule has 4 aromatic rings. The van der Waals surface area contributed by atoms with Gasteiger partial charge in [0.25, 0.3) is 0 Å². The van der Waals surface area contributed by atoms with Crippen molar-refractivity contribution in [2.75, 3.05) is 36.5 Å². The van der Waals surface area contributed by atoms with Gasteiger partial charge in [0.1, 0.15) is 35.5 Å². The Bertz CT molecular complexity index is 1640. The van der Waals surface area contributed by atoms with Crippen LogP contribution in [0.15, 0.2) is 48.9 Å². The number of amides is 2. The van der Waals surface area contributed by atoms with Gasteiger partial charge in [-0.25, -0.2) is 19.2 Å². The summed E-state index contributed by atoms with van der Waals surface area (Å²) < 4.78 is 64.4. The Balaban J connectivity index is 1.18. The maximum absolute atomic E-state index is 15.2. The lowest BCUT2D eigenvalue weighted by atomic mass is 10.1. The highest BCUT2D eigenvalue weighted by molar-refractivity contribution is 6.02. The Labute approximate surface area is 238 Å². The Kier molecular flexibility index (Phi) is 7.13. The number of carbonyl (C=O) groups excluding carboxylic acids is 1. The summed E-state index contributed by atoms with van der Waals surface area (Å²) in [7, 11) is 1.95. The molecule has 13 heteroatoms. The van der Waals surface area contributed by atoms with Crippen molar-refractivity contribution in [1.82, 2.24) is 19.4 Å². The highest BCUT2D eigenvalue weighted by Gasteiger charge is 2.36. The number of anilines is 3. The lowest BCUT2D eigenvalue weighted by Crippen LogP contribution is -2.36. The molecule has 3 heterocycles. The van der Waals surface area contributed by atoms with E-state index in [0.29, 0.717) is 41.0 Å². The van der Waals surface area contributed by atoms with Crippen LogP contribution in [0.4, 0.5) is 39.5 Å². The van der Waals surface area contributed by atoms with E-state index >= 15 is 4.39 Å². The molecule has 0 bridgehead atoms. The average molecular weight is 584 g/mol. The molecule has 2 amide bonds. The van der Waals surface area contributed by atoms with Crippen LogP contribution in [0.5, 0.6) is 5.75 Å². The smallest absolute Gasteiger partial charge is 0.420 e. The van der Waals surface area contributed by atoms with E-state index in [0.717, 1.165) is 32.0 Å². The number of ether oxygens (including phenoxy) is 1. The number of halogens is 4. The number of aromatic nitrogens is 3. The molecule has 0 spiro atoms. The Hall–Kier alpha value is -4.39. The van der Waals surface area contributed by atoms with E-state index in [4.69, 9.17) is 10.5 Å². The van der Waals surface area contributed by atoms with E-state index in [2.05, 4.69) is 25.5 Å². The highest BCUT2D eigenvalue weighted by atomic mass is 19.4. The number of hydrogen-bond donors (Lipinski definition) is 3. The number of hydrogen-bond acceptors (Lipinski definition) is 6. The number of nitrogens with two attached hydrogens (primary N) is 1. The van der Waals surface area contributed by atoms with Gasteiger partial charge in [-0.1, -0.05) is 6.07 Å².